The van der Waals surface area contributed by atoms with Crippen LogP contribution in [0.4, 0.5) is 11.4 Å². The summed E-state index contributed by atoms with van der Waals surface area (Å²) < 4.78 is 5.66. The van der Waals surface area contributed by atoms with Crippen molar-refractivity contribution in [3.05, 3.63) is 126 Å². The van der Waals surface area contributed by atoms with Gasteiger partial charge in [-0.05, 0) is 91.2 Å². The highest BCUT2D eigenvalue weighted by atomic mass is 32.2. The van der Waals surface area contributed by atoms with Crippen molar-refractivity contribution in [1.29, 1.82) is 0 Å². The molecule has 43 heavy (non-hydrogen) atoms. The Morgan fingerprint density at radius 3 is 2.14 bits per heavy atom. The molecule has 0 aliphatic carbocycles. The van der Waals surface area contributed by atoms with E-state index < -0.39 is 5.91 Å². The highest BCUT2D eigenvalue weighted by molar-refractivity contribution is 8.00. The lowest BCUT2D eigenvalue weighted by Gasteiger charge is -2.12. The molecule has 0 radical (unpaired) electrons. The number of amides is 3. The molecule has 4 rings (SSSR count). The van der Waals surface area contributed by atoms with Crippen LogP contribution in [-0.2, 0) is 9.59 Å². The molecule has 8 heteroatoms. The van der Waals surface area contributed by atoms with Crippen molar-refractivity contribution in [2.45, 2.75) is 31.6 Å². The molecule has 0 saturated heterocycles. The number of rotatable bonds is 13. The zero-order valence-corrected chi connectivity index (χ0v) is 25.1. The molecular weight excluding hydrogens is 558 g/mol. The van der Waals surface area contributed by atoms with Crippen LogP contribution in [0.1, 0.15) is 41.3 Å². The van der Waals surface area contributed by atoms with Gasteiger partial charge >= 0.3 is 0 Å². The number of unbranched alkanes of at least 4 members (excludes halogenated alkanes) is 1. The number of anilines is 2. The van der Waals surface area contributed by atoms with Gasteiger partial charge in [0, 0.05) is 21.8 Å². The van der Waals surface area contributed by atoms with Gasteiger partial charge in [-0.2, -0.15) is 0 Å². The first-order valence-electron chi connectivity index (χ1n) is 14.1. The van der Waals surface area contributed by atoms with Crippen molar-refractivity contribution in [3.63, 3.8) is 0 Å². The summed E-state index contributed by atoms with van der Waals surface area (Å²) in [5, 5.41) is 8.52. The van der Waals surface area contributed by atoms with Crippen LogP contribution in [0.2, 0.25) is 0 Å². The summed E-state index contributed by atoms with van der Waals surface area (Å²) in [6, 6.07) is 30.9. The van der Waals surface area contributed by atoms with E-state index >= 15 is 0 Å². The number of aryl methyl sites for hydroxylation is 1. The SMILES string of the molecule is CCCCOc1ccc(NC(=O)CSc2ccc(NC(=O)/C(=C/c3ccccc3C)NC(=O)c3ccccc3)cc2)cc1. The molecular formula is C35H35N3O4S. The summed E-state index contributed by atoms with van der Waals surface area (Å²) in [7, 11) is 0. The molecule has 0 aliphatic heterocycles. The van der Waals surface area contributed by atoms with Crippen molar-refractivity contribution in [2.75, 3.05) is 23.0 Å². The van der Waals surface area contributed by atoms with Gasteiger partial charge in [0.2, 0.25) is 5.91 Å². The van der Waals surface area contributed by atoms with Crippen LogP contribution < -0.4 is 20.7 Å². The van der Waals surface area contributed by atoms with Crippen LogP contribution in [0.5, 0.6) is 5.75 Å². The molecule has 0 aromatic heterocycles. The Kier molecular flexibility index (Phi) is 11.6. The van der Waals surface area contributed by atoms with Gasteiger partial charge in [0.1, 0.15) is 11.4 Å². The van der Waals surface area contributed by atoms with Crippen LogP contribution in [0.3, 0.4) is 0 Å². The summed E-state index contributed by atoms with van der Waals surface area (Å²) in [5.41, 5.74) is 3.64. The highest BCUT2D eigenvalue weighted by Crippen LogP contribution is 2.22. The predicted octanol–water partition coefficient (Wildman–Crippen LogP) is 7.31. The lowest BCUT2D eigenvalue weighted by atomic mass is 10.1. The molecule has 7 nitrogen and oxygen atoms in total. The van der Waals surface area contributed by atoms with Crippen LogP contribution >= 0.6 is 11.8 Å². The Balaban J connectivity index is 1.34. The van der Waals surface area contributed by atoms with Gasteiger partial charge < -0.3 is 20.7 Å². The largest absolute Gasteiger partial charge is 0.494 e. The summed E-state index contributed by atoms with van der Waals surface area (Å²) in [6.45, 7) is 4.73. The third-order valence-electron chi connectivity index (χ3n) is 6.40. The zero-order chi connectivity index (χ0) is 30.4. The average Bonchev–Trinajstić information content (AvgIpc) is 3.02. The van der Waals surface area contributed by atoms with Crippen molar-refractivity contribution in [1.82, 2.24) is 5.32 Å². The van der Waals surface area contributed by atoms with E-state index in [1.807, 2.05) is 73.7 Å². The molecule has 0 fully saturated rings. The average molecular weight is 594 g/mol. The maximum Gasteiger partial charge on any atom is 0.272 e. The maximum absolute atomic E-state index is 13.3. The van der Waals surface area contributed by atoms with E-state index in [4.69, 9.17) is 4.74 Å². The molecule has 3 amide bonds. The van der Waals surface area contributed by atoms with Gasteiger partial charge in [-0.15, -0.1) is 11.8 Å². The molecule has 0 bridgehead atoms. The van der Waals surface area contributed by atoms with Crippen LogP contribution in [-0.4, -0.2) is 30.1 Å². The Hall–Kier alpha value is -4.82. The van der Waals surface area contributed by atoms with Crippen molar-refractivity contribution < 1.29 is 19.1 Å². The summed E-state index contributed by atoms with van der Waals surface area (Å²) in [5.74, 6) is 0.0625. The summed E-state index contributed by atoms with van der Waals surface area (Å²) in [4.78, 5) is 39.5. The Morgan fingerprint density at radius 1 is 0.791 bits per heavy atom. The molecule has 4 aromatic rings. The van der Waals surface area contributed by atoms with E-state index in [1.165, 1.54) is 11.8 Å². The maximum atomic E-state index is 13.3. The van der Waals surface area contributed by atoms with Gasteiger partial charge in [0.25, 0.3) is 11.8 Å². The third-order valence-corrected chi connectivity index (χ3v) is 7.42. The van der Waals surface area contributed by atoms with Gasteiger partial charge in [-0.25, -0.2) is 0 Å². The van der Waals surface area contributed by atoms with Crippen molar-refractivity contribution in [2.24, 2.45) is 0 Å². The van der Waals surface area contributed by atoms with E-state index in [1.54, 1.807) is 42.5 Å². The van der Waals surface area contributed by atoms with Gasteiger partial charge in [-0.1, -0.05) is 55.8 Å². The quantitative estimate of drug-likeness (QED) is 0.0858. The normalized spacial score (nSPS) is 11.0. The molecule has 0 heterocycles. The highest BCUT2D eigenvalue weighted by Gasteiger charge is 2.16. The minimum absolute atomic E-state index is 0.123. The van der Waals surface area contributed by atoms with Gasteiger partial charge in [-0.3, -0.25) is 14.4 Å². The lowest BCUT2D eigenvalue weighted by Crippen LogP contribution is -2.30. The number of hydrogen-bond acceptors (Lipinski definition) is 5. The summed E-state index contributed by atoms with van der Waals surface area (Å²) >= 11 is 1.39. The smallest absolute Gasteiger partial charge is 0.272 e. The number of thioether (sulfide) groups is 1. The molecule has 0 aliphatic rings. The van der Waals surface area contributed by atoms with Crippen LogP contribution in [0, 0.1) is 6.92 Å². The Labute approximate surface area is 256 Å². The second-order valence-corrected chi connectivity index (χ2v) is 10.8. The first-order valence-corrected chi connectivity index (χ1v) is 15.1. The van der Waals surface area contributed by atoms with E-state index in [-0.39, 0.29) is 23.3 Å². The molecule has 0 spiro atoms. The number of hydrogen-bond donors (Lipinski definition) is 3. The standard InChI is InChI=1S/C35H35N3O4S/c1-3-4-22-42-30-18-14-28(15-19-30)36-33(39)24-43-31-20-16-29(17-21-31)37-35(41)32(23-27-13-9-8-10-25(27)2)38-34(40)26-11-6-5-7-12-26/h5-21,23H,3-4,22,24H2,1-2H3,(H,36,39)(H,37,41)(H,38,40)/b32-23-. The fourth-order valence-corrected chi connectivity index (χ4v) is 4.69. The van der Waals surface area contributed by atoms with Gasteiger partial charge in [0.15, 0.2) is 0 Å². The molecule has 220 valence electrons. The minimum Gasteiger partial charge on any atom is -0.494 e. The zero-order valence-electron chi connectivity index (χ0n) is 24.3. The molecule has 0 saturated carbocycles. The molecule has 3 N–H and O–H groups in total. The van der Waals surface area contributed by atoms with Crippen LogP contribution in [0.25, 0.3) is 6.08 Å². The topological polar surface area (TPSA) is 96.5 Å². The number of nitrogens with one attached hydrogen (secondary N) is 3. The van der Waals surface area contributed by atoms with Crippen molar-refractivity contribution >= 4 is 46.9 Å². The third kappa shape index (κ3) is 9.90. The first kappa shape index (κ1) is 31.1. The second kappa shape index (κ2) is 16.0. The first-order chi connectivity index (χ1) is 20.9. The Morgan fingerprint density at radius 2 is 1.44 bits per heavy atom. The monoisotopic (exact) mass is 593 g/mol. The minimum atomic E-state index is -0.450. The lowest BCUT2D eigenvalue weighted by molar-refractivity contribution is -0.114. The Bertz CT molecular complexity index is 1550. The molecule has 0 unspecified atom stereocenters. The predicted molar refractivity (Wildman–Crippen MR) is 174 cm³/mol. The molecule has 4 aromatic carbocycles. The number of ether oxygens (including phenoxy) is 1. The molecule has 0 atom stereocenters. The second-order valence-electron chi connectivity index (χ2n) is 9.78. The van der Waals surface area contributed by atoms with Gasteiger partial charge in [0.05, 0.1) is 12.4 Å². The van der Waals surface area contributed by atoms with E-state index in [2.05, 4.69) is 22.9 Å². The van der Waals surface area contributed by atoms with Crippen LogP contribution in [0.15, 0.2) is 114 Å². The number of carbonyl (C=O) groups is 3. The number of carbonyl (C=O) groups excluding carboxylic acids is 3. The number of benzene rings is 4. The fourth-order valence-electron chi connectivity index (χ4n) is 3.99. The fraction of sp³-hybridized carbons (Fsp3) is 0.171. The van der Waals surface area contributed by atoms with E-state index in [0.717, 1.165) is 34.6 Å². The van der Waals surface area contributed by atoms with E-state index in [0.29, 0.717) is 23.5 Å². The van der Waals surface area contributed by atoms with E-state index in [9.17, 15) is 14.4 Å². The summed E-state index contributed by atoms with van der Waals surface area (Å²) in [6.07, 6.45) is 3.74. The van der Waals surface area contributed by atoms with Crippen molar-refractivity contribution in [3.8, 4) is 5.75 Å².